The Morgan fingerprint density at radius 3 is 2.78 bits per heavy atom. The summed E-state index contributed by atoms with van der Waals surface area (Å²) < 4.78 is 28.3. The Hall–Kier alpha value is -0.460. The molecule has 0 radical (unpaired) electrons. The van der Waals surface area contributed by atoms with Crippen LogP contribution in [0.25, 0.3) is 0 Å². The second-order valence-corrected chi connectivity index (χ2v) is 4.19. The number of carbonyl (C=O) groups is 1. The average molecular weight is 287 g/mol. The lowest BCUT2D eigenvalue weighted by Gasteiger charge is -2.35. The molecule has 0 aromatic heterocycles. The van der Waals surface area contributed by atoms with Crippen molar-refractivity contribution in [1.82, 2.24) is 4.90 Å². The van der Waals surface area contributed by atoms with E-state index in [1.54, 1.807) is 4.90 Å². The van der Waals surface area contributed by atoms with Crippen molar-refractivity contribution >= 4 is 18.3 Å². The highest BCUT2D eigenvalue weighted by molar-refractivity contribution is 5.85. The van der Waals surface area contributed by atoms with Crippen LogP contribution in [-0.4, -0.2) is 49.6 Å². The molecule has 1 atom stereocenters. The quantitative estimate of drug-likeness (QED) is 0.752. The zero-order valence-electron chi connectivity index (χ0n) is 10.3. The van der Waals surface area contributed by atoms with Crippen LogP contribution in [0.3, 0.4) is 0 Å². The van der Waals surface area contributed by atoms with Gasteiger partial charge in [-0.1, -0.05) is 0 Å². The smallest absolute Gasteiger partial charge is 0.261 e. The van der Waals surface area contributed by atoms with Gasteiger partial charge in [0.05, 0.1) is 13.0 Å². The number of carbonyl (C=O) groups excluding carboxylic acids is 1. The van der Waals surface area contributed by atoms with E-state index in [1.165, 1.54) is 0 Å². The van der Waals surface area contributed by atoms with Gasteiger partial charge in [-0.05, 0) is 19.3 Å². The molecule has 0 aromatic carbocycles. The van der Waals surface area contributed by atoms with Crippen molar-refractivity contribution in [2.75, 3.05) is 26.3 Å². The summed E-state index contributed by atoms with van der Waals surface area (Å²) >= 11 is 0. The minimum absolute atomic E-state index is 0. The molecule has 0 aromatic rings. The SMILES string of the molecule is Cl.NCC1CCCCN1C(=O)CCOCC(F)F. The van der Waals surface area contributed by atoms with Crippen LogP contribution < -0.4 is 5.73 Å². The summed E-state index contributed by atoms with van der Waals surface area (Å²) in [5.41, 5.74) is 5.60. The molecule has 2 N–H and O–H groups in total. The summed E-state index contributed by atoms with van der Waals surface area (Å²) in [4.78, 5) is 13.6. The molecule has 1 amide bonds. The van der Waals surface area contributed by atoms with Crippen LogP contribution >= 0.6 is 12.4 Å². The molecular weight excluding hydrogens is 266 g/mol. The van der Waals surface area contributed by atoms with E-state index in [9.17, 15) is 13.6 Å². The van der Waals surface area contributed by atoms with Crippen LogP contribution in [0.5, 0.6) is 0 Å². The van der Waals surface area contributed by atoms with Crippen molar-refractivity contribution in [1.29, 1.82) is 0 Å². The van der Waals surface area contributed by atoms with Crippen molar-refractivity contribution in [2.45, 2.75) is 38.2 Å². The van der Waals surface area contributed by atoms with E-state index in [4.69, 9.17) is 10.5 Å². The first-order valence-corrected chi connectivity index (χ1v) is 6.00. The molecule has 7 heteroatoms. The lowest BCUT2D eigenvalue weighted by atomic mass is 10.0. The molecule has 18 heavy (non-hydrogen) atoms. The molecule has 1 fully saturated rings. The highest BCUT2D eigenvalue weighted by Gasteiger charge is 2.24. The van der Waals surface area contributed by atoms with E-state index in [0.717, 1.165) is 25.8 Å². The molecule has 1 rings (SSSR count). The van der Waals surface area contributed by atoms with Gasteiger partial charge in [-0.3, -0.25) is 4.79 Å². The Bertz CT molecular complexity index is 245. The van der Waals surface area contributed by atoms with Gasteiger partial charge in [-0.15, -0.1) is 12.4 Å². The number of amides is 1. The Balaban J connectivity index is 0.00000289. The van der Waals surface area contributed by atoms with Crippen LogP contribution in [0.1, 0.15) is 25.7 Å². The average Bonchev–Trinajstić information content (AvgIpc) is 2.34. The maximum atomic E-state index is 11.8. The second-order valence-electron chi connectivity index (χ2n) is 4.19. The van der Waals surface area contributed by atoms with Crippen LogP contribution in [-0.2, 0) is 9.53 Å². The highest BCUT2D eigenvalue weighted by Crippen LogP contribution is 2.17. The summed E-state index contributed by atoms with van der Waals surface area (Å²) in [7, 11) is 0. The van der Waals surface area contributed by atoms with Gasteiger partial charge in [-0.2, -0.15) is 0 Å². The van der Waals surface area contributed by atoms with E-state index < -0.39 is 13.0 Å². The third-order valence-electron chi connectivity index (χ3n) is 2.92. The number of likely N-dealkylation sites (tertiary alicyclic amines) is 1. The van der Waals surface area contributed by atoms with E-state index >= 15 is 0 Å². The Morgan fingerprint density at radius 1 is 1.44 bits per heavy atom. The summed E-state index contributed by atoms with van der Waals surface area (Å²) in [6.45, 7) is 0.629. The zero-order chi connectivity index (χ0) is 12.7. The van der Waals surface area contributed by atoms with Gasteiger partial charge in [0.25, 0.3) is 6.43 Å². The lowest BCUT2D eigenvalue weighted by molar-refractivity contribution is -0.136. The van der Waals surface area contributed by atoms with Crippen molar-refractivity contribution < 1.29 is 18.3 Å². The maximum absolute atomic E-state index is 11.8. The van der Waals surface area contributed by atoms with Gasteiger partial charge < -0.3 is 15.4 Å². The van der Waals surface area contributed by atoms with Crippen molar-refractivity contribution in [3.05, 3.63) is 0 Å². The molecule has 1 aliphatic heterocycles. The normalized spacial score (nSPS) is 19.8. The fourth-order valence-electron chi connectivity index (χ4n) is 2.05. The van der Waals surface area contributed by atoms with Gasteiger partial charge in [0.15, 0.2) is 0 Å². The van der Waals surface area contributed by atoms with E-state index in [2.05, 4.69) is 0 Å². The molecule has 0 bridgehead atoms. The second kappa shape index (κ2) is 9.47. The fraction of sp³-hybridized carbons (Fsp3) is 0.909. The molecule has 0 spiro atoms. The molecule has 1 saturated heterocycles. The topological polar surface area (TPSA) is 55.6 Å². The standard InChI is InChI=1S/C11H20F2N2O2.ClH/c12-10(13)8-17-6-4-11(16)15-5-2-1-3-9(15)7-14;/h9-10H,1-8,14H2;1H. The first-order valence-electron chi connectivity index (χ1n) is 6.00. The summed E-state index contributed by atoms with van der Waals surface area (Å²) in [6, 6.07) is 0.103. The Labute approximate surface area is 112 Å². The number of alkyl halides is 2. The molecule has 1 aliphatic rings. The van der Waals surface area contributed by atoms with Crippen LogP contribution in [0.2, 0.25) is 0 Å². The van der Waals surface area contributed by atoms with E-state index in [-0.39, 0.29) is 37.4 Å². The summed E-state index contributed by atoms with van der Waals surface area (Å²) in [6.07, 6.45) is 0.689. The van der Waals surface area contributed by atoms with Gasteiger partial charge in [0.1, 0.15) is 6.61 Å². The Kier molecular flexibility index (Phi) is 9.23. The fourth-order valence-corrected chi connectivity index (χ4v) is 2.05. The number of hydrogen-bond acceptors (Lipinski definition) is 3. The largest absolute Gasteiger partial charge is 0.375 e. The lowest BCUT2D eigenvalue weighted by Crippen LogP contribution is -2.47. The summed E-state index contributed by atoms with van der Waals surface area (Å²) in [5.74, 6) is -0.0468. The first kappa shape index (κ1) is 17.5. The maximum Gasteiger partial charge on any atom is 0.261 e. The number of ether oxygens (including phenoxy) is 1. The van der Waals surface area contributed by atoms with Crippen molar-refractivity contribution in [3.8, 4) is 0 Å². The van der Waals surface area contributed by atoms with Crippen molar-refractivity contribution in [3.63, 3.8) is 0 Å². The molecule has 4 nitrogen and oxygen atoms in total. The van der Waals surface area contributed by atoms with Crippen LogP contribution in [0.15, 0.2) is 0 Å². The Morgan fingerprint density at radius 2 is 2.17 bits per heavy atom. The van der Waals surface area contributed by atoms with Crippen molar-refractivity contribution in [2.24, 2.45) is 5.73 Å². The molecule has 0 saturated carbocycles. The van der Waals surface area contributed by atoms with Gasteiger partial charge in [0.2, 0.25) is 5.91 Å². The van der Waals surface area contributed by atoms with Crippen LogP contribution in [0.4, 0.5) is 8.78 Å². The number of nitrogens with two attached hydrogens (primary N) is 1. The third-order valence-corrected chi connectivity index (χ3v) is 2.92. The van der Waals surface area contributed by atoms with Crippen LogP contribution in [0, 0.1) is 0 Å². The third kappa shape index (κ3) is 5.93. The highest BCUT2D eigenvalue weighted by atomic mass is 35.5. The van der Waals surface area contributed by atoms with E-state index in [0.29, 0.717) is 6.54 Å². The first-order chi connectivity index (χ1) is 8.15. The monoisotopic (exact) mass is 286 g/mol. The minimum atomic E-state index is -2.48. The van der Waals surface area contributed by atoms with E-state index in [1.807, 2.05) is 0 Å². The van der Waals surface area contributed by atoms with Gasteiger partial charge in [-0.25, -0.2) is 8.78 Å². The number of rotatable bonds is 6. The van der Waals surface area contributed by atoms with Gasteiger partial charge >= 0.3 is 0 Å². The predicted octanol–water partition coefficient (Wildman–Crippen LogP) is 1.42. The minimum Gasteiger partial charge on any atom is -0.375 e. The van der Waals surface area contributed by atoms with Gasteiger partial charge in [0, 0.05) is 19.1 Å². The predicted molar refractivity (Wildman–Crippen MR) is 67.1 cm³/mol. The molecular formula is C11H21ClF2N2O2. The molecule has 0 aliphatic carbocycles. The zero-order valence-corrected chi connectivity index (χ0v) is 11.1. The number of nitrogens with zero attached hydrogens (tertiary/aromatic N) is 1. The number of halogens is 3. The molecule has 1 heterocycles. The molecule has 108 valence electrons. The number of hydrogen-bond donors (Lipinski definition) is 1. The summed E-state index contributed by atoms with van der Waals surface area (Å²) in [5, 5.41) is 0. The number of piperidine rings is 1. The molecule has 1 unspecified atom stereocenters.